The number of fused-ring (bicyclic) bond motifs is 1. The molecule has 0 amide bonds. The summed E-state index contributed by atoms with van der Waals surface area (Å²) in [6.45, 7) is 1.80. The van der Waals surface area contributed by atoms with Crippen LogP contribution in [0.1, 0.15) is 6.92 Å². The smallest absolute Gasteiger partial charge is 0.275 e. The second kappa shape index (κ2) is 2.66. The first-order chi connectivity index (χ1) is 7.27. The maximum atomic E-state index is 11.4. The van der Waals surface area contributed by atoms with Gasteiger partial charge in [0, 0.05) is 5.56 Å². The van der Waals surface area contributed by atoms with Gasteiger partial charge in [-0.05, 0) is 13.0 Å². The zero-order chi connectivity index (χ0) is 10.4. The molecule has 5 heteroatoms. The number of rotatable bonds is 1. The highest BCUT2D eigenvalue weighted by molar-refractivity contribution is 5.60. The lowest BCUT2D eigenvalue weighted by molar-refractivity contribution is 0.568. The summed E-state index contributed by atoms with van der Waals surface area (Å²) in [7, 11) is 0. The van der Waals surface area contributed by atoms with Gasteiger partial charge < -0.3 is 4.42 Å². The Labute approximate surface area is 83.8 Å². The Morgan fingerprint density at radius 1 is 1.47 bits per heavy atom. The highest BCUT2D eigenvalue weighted by atomic mass is 16.3. The fraction of sp³-hybridized carbons (Fsp3) is 0.100. The van der Waals surface area contributed by atoms with Crippen molar-refractivity contribution in [2.75, 3.05) is 0 Å². The lowest BCUT2D eigenvalue weighted by atomic mass is 10.1. The molecule has 0 bridgehead atoms. The summed E-state index contributed by atoms with van der Waals surface area (Å²) in [5.74, 6) is 0. The van der Waals surface area contributed by atoms with Gasteiger partial charge in [-0.15, -0.1) is 0 Å². The van der Waals surface area contributed by atoms with E-state index in [0.29, 0.717) is 16.3 Å². The molecule has 74 valence electrons. The lowest BCUT2D eigenvalue weighted by Crippen LogP contribution is -2.49. The molecule has 1 aliphatic rings. The predicted octanol–water partition coefficient (Wildman–Crippen LogP) is -0.209. The molecule has 1 N–H and O–H groups in total. The van der Waals surface area contributed by atoms with Crippen molar-refractivity contribution >= 4 is 5.70 Å². The van der Waals surface area contributed by atoms with Crippen LogP contribution in [0.15, 0.2) is 32.8 Å². The van der Waals surface area contributed by atoms with Gasteiger partial charge in [-0.25, -0.2) is 10.1 Å². The quantitative estimate of drug-likeness (QED) is 0.694. The maximum Gasteiger partial charge on any atom is 0.275 e. The van der Waals surface area contributed by atoms with Gasteiger partial charge in [0.25, 0.3) is 5.56 Å². The molecule has 2 aromatic rings. The molecular formula is C10H7N3O2. The van der Waals surface area contributed by atoms with E-state index in [1.54, 1.807) is 25.5 Å². The van der Waals surface area contributed by atoms with Gasteiger partial charge in [0.1, 0.15) is 11.1 Å². The van der Waals surface area contributed by atoms with Gasteiger partial charge in [-0.2, -0.15) is 5.10 Å². The molecule has 5 nitrogen and oxygen atoms in total. The second-order valence-electron chi connectivity index (χ2n) is 3.33. The summed E-state index contributed by atoms with van der Waals surface area (Å²) in [6, 6.07) is 1.78. The number of aromatic amines is 1. The third kappa shape index (κ3) is 0.999. The first-order valence-electron chi connectivity index (χ1n) is 4.48. The van der Waals surface area contributed by atoms with Crippen molar-refractivity contribution in [1.29, 1.82) is 0 Å². The molecule has 1 aliphatic heterocycles. The molecule has 0 saturated carbocycles. The first kappa shape index (κ1) is 8.16. The van der Waals surface area contributed by atoms with Gasteiger partial charge in [0.05, 0.1) is 23.4 Å². The van der Waals surface area contributed by atoms with Crippen LogP contribution in [-0.2, 0) is 0 Å². The van der Waals surface area contributed by atoms with Gasteiger partial charge in [-0.3, -0.25) is 4.79 Å². The average Bonchev–Trinajstić information content (AvgIpc) is 2.69. The molecule has 0 radical (unpaired) electrons. The Hall–Kier alpha value is -2.17. The number of furan rings is 1. The van der Waals surface area contributed by atoms with Crippen LogP contribution in [0.5, 0.6) is 0 Å². The largest absolute Gasteiger partial charge is 0.472 e. The van der Waals surface area contributed by atoms with Crippen LogP contribution >= 0.6 is 0 Å². The van der Waals surface area contributed by atoms with E-state index in [9.17, 15) is 4.79 Å². The molecule has 0 aliphatic carbocycles. The van der Waals surface area contributed by atoms with Gasteiger partial charge in [0.15, 0.2) is 0 Å². The summed E-state index contributed by atoms with van der Waals surface area (Å²) in [4.78, 5) is 15.6. The van der Waals surface area contributed by atoms with Gasteiger partial charge in [0.2, 0.25) is 0 Å². The number of nitrogens with one attached hydrogen (secondary N) is 1. The minimum Gasteiger partial charge on any atom is -0.472 e. The molecule has 15 heavy (non-hydrogen) atoms. The van der Waals surface area contributed by atoms with Gasteiger partial charge in [-0.1, -0.05) is 0 Å². The van der Waals surface area contributed by atoms with Crippen LogP contribution in [0.4, 0.5) is 0 Å². The van der Waals surface area contributed by atoms with Crippen LogP contribution in [0.25, 0.3) is 17.0 Å². The molecule has 0 atom stereocenters. The Kier molecular flexibility index (Phi) is 1.45. The zero-order valence-corrected chi connectivity index (χ0v) is 7.94. The molecule has 0 fully saturated rings. The third-order valence-electron chi connectivity index (χ3n) is 2.39. The van der Waals surface area contributed by atoms with Crippen molar-refractivity contribution in [3.63, 3.8) is 0 Å². The van der Waals surface area contributed by atoms with Crippen molar-refractivity contribution in [2.24, 2.45) is 4.99 Å². The zero-order valence-electron chi connectivity index (χ0n) is 7.94. The van der Waals surface area contributed by atoms with E-state index in [1.165, 1.54) is 0 Å². The van der Waals surface area contributed by atoms with E-state index >= 15 is 0 Å². The van der Waals surface area contributed by atoms with E-state index < -0.39 is 0 Å². The summed E-state index contributed by atoms with van der Waals surface area (Å²) in [5.41, 5.74) is 2.03. The van der Waals surface area contributed by atoms with Crippen LogP contribution in [-0.4, -0.2) is 10.2 Å². The SMILES string of the molecule is CC1=c2c(=O)[nH]nc(-c3ccoc3)c2=N1. The summed E-state index contributed by atoms with van der Waals surface area (Å²) in [5, 5.41) is 7.69. The summed E-state index contributed by atoms with van der Waals surface area (Å²) < 4.78 is 4.96. The topological polar surface area (TPSA) is 71.2 Å². The summed E-state index contributed by atoms with van der Waals surface area (Å²) in [6.07, 6.45) is 3.13. The van der Waals surface area contributed by atoms with Crippen molar-refractivity contribution in [3.05, 3.63) is 39.5 Å². The lowest BCUT2D eigenvalue weighted by Gasteiger charge is -2.06. The molecule has 0 saturated heterocycles. The van der Waals surface area contributed by atoms with Crippen LogP contribution < -0.4 is 16.1 Å². The van der Waals surface area contributed by atoms with Crippen molar-refractivity contribution in [1.82, 2.24) is 10.2 Å². The molecule has 3 rings (SSSR count). The standard InChI is InChI=1S/C10H7N3O2/c1-5-7-9(11-5)8(12-13-10(7)14)6-2-3-15-4-6/h2-4H,1H3,(H,13,14). The normalized spacial score (nSPS) is 13.0. The minimum atomic E-state index is -0.190. The number of hydrogen-bond acceptors (Lipinski definition) is 4. The van der Waals surface area contributed by atoms with E-state index in [4.69, 9.17) is 4.42 Å². The number of aromatic nitrogens is 2. The van der Waals surface area contributed by atoms with E-state index in [-0.39, 0.29) is 5.56 Å². The van der Waals surface area contributed by atoms with Gasteiger partial charge >= 0.3 is 0 Å². The Morgan fingerprint density at radius 3 is 3.00 bits per heavy atom. The Bertz CT molecular complexity index is 695. The first-order valence-corrected chi connectivity index (χ1v) is 4.48. The van der Waals surface area contributed by atoms with Crippen molar-refractivity contribution < 1.29 is 4.42 Å². The predicted molar refractivity (Wildman–Crippen MR) is 52.4 cm³/mol. The minimum absolute atomic E-state index is 0.190. The second-order valence-corrected chi connectivity index (χ2v) is 3.33. The molecule has 0 spiro atoms. The summed E-state index contributed by atoms with van der Waals surface area (Å²) >= 11 is 0. The molecule has 3 heterocycles. The number of nitrogens with zero attached hydrogens (tertiary/aromatic N) is 2. The fourth-order valence-electron chi connectivity index (χ4n) is 1.66. The van der Waals surface area contributed by atoms with E-state index in [0.717, 1.165) is 11.3 Å². The molecular weight excluding hydrogens is 194 g/mol. The average molecular weight is 201 g/mol. The van der Waals surface area contributed by atoms with E-state index in [1.807, 2.05) is 0 Å². The number of hydrogen-bond donors (Lipinski definition) is 1. The van der Waals surface area contributed by atoms with E-state index in [2.05, 4.69) is 15.2 Å². The molecule has 0 unspecified atom stereocenters. The fourth-order valence-corrected chi connectivity index (χ4v) is 1.66. The third-order valence-corrected chi connectivity index (χ3v) is 2.39. The highest BCUT2D eigenvalue weighted by Crippen LogP contribution is 2.12. The monoisotopic (exact) mass is 201 g/mol. The molecule has 2 aromatic heterocycles. The maximum absolute atomic E-state index is 11.4. The Morgan fingerprint density at radius 2 is 2.33 bits per heavy atom. The van der Waals surface area contributed by atoms with Crippen LogP contribution in [0.2, 0.25) is 0 Å². The number of H-pyrrole nitrogens is 1. The van der Waals surface area contributed by atoms with Crippen LogP contribution in [0.3, 0.4) is 0 Å². The molecule has 0 aromatic carbocycles. The van der Waals surface area contributed by atoms with Crippen molar-refractivity contribution in [3.8, 4) is 11.3 Å². The van der Waals surface area contributed by atoms with Crippen LogP contribution in [0, 0.1) is 0 Å². The highest BCUT2D eigenvalue weighted by Gasteiger charge is 2.14. The van der Waals surface area contributed by atoms with Crippen molar-refractivity contribution in [2.45, 2.75) is 6.92 Å². The Balaban J connectivity index is 2.41.